The fourth-order valence-corrected chi connectivity index (χ4v) is 3.79. The van der Waals surface area contributed by atoms with Crippen LogP contribution in [0.2, 0.25) is 0 Å². The van der Waals surface area contributed by atoms with Gasteiger partial charge in [-0.2, -0.15) is 0 Å². The van der Waals surface area contributed by atoms with Crippen molar-refractivity contribution < 1.29 is 4.79 Å². The minimum atomic E-state index is -0.598. The number of nitrogens with zero attached hydrogens (tertiary/aromatic N) is 3. The molecular weight excluding hydrogens is 382 g/mol. The van der Waals surface area contributed by atoms with Gasteiger partial charge in [0.2, 0.25) is 0 Å². The smallest absolute Gasteiger partial charge is 0.329 e. The lowest BCUT2D eigenvalue weighted by Gasteiger charge is -2.17. The van der Waals surface area contributed by atoms with Crippen molar-refractivity contribution in [1.82, 2.24) is 14.5 Å². The number of hydrogen-bond acceptors (Lipinski definition) is 5. The quantitative estimate of drug-likeness (QED) is 0.677. The highest BCUT2D eigenvalue weighted by atomic mass is 16.2. The molecule has 0 spiro atoms. The number of amides is 1. The molecule has 1 aliphatic carbocycles. The number of benzene rings is 1. The van der Waals surface area contributed by atoms with E-state index in [0.29, 0.717) is 12.2 Å². The van der Waals surface area contributed by atoms with Crippen molar-refractivity contribution in [2.45, 2.75) is 39.2 Å². The Morgan fingerprint density at radius 3 is 2.60 bits per heavy atom. The Balaban J connectivity index is 1.83. The highest BCUT2D eigenvalue weighted by Crippen LogP contribution is 2.40. The number of carbonyl (C=O) groups is 1. The molecule has 0 aliphatic heterocycles. The van der Waals surface area contributed by atoms with E-state index in [1.165, 1.54) is 4.57 Å². The Labute approximate surface area is 173 Å². The molecular formula is C22H25N5O3. The van der Waals surface area contributed by atoms with Crippen molar-refractivity contribution in [2.75, 3.05) is 24.3 Å². The lowest BCUT2D eigenvalue weighted by Crippen LogP contribution is -2.32. The Bertz CT molecular complexity index is 1270. The number of fused-ring (bicyclic) bond motifs is 1. The molecule has 30 heavy (non-hydrogen) atoms. The van der Waals surface area contributed by atoms with Gasteiger partial charge in [-0.3, -0.25) is 19.1 Å². The Morgan fingerprint density at radius 1 is 1.27 bits per heavy atom. The number of anilines is 2. The summed E-state index contributed by atoms with van der Waals surface area (Å²) in [5, 5.41) is 3.04. The van der Waals surface area contributed by atoms with Crippen LogP contribution in [-0.4, -0.2) is 34.5 Å². The number of nitrogens with one attached hydrogen (secondary N) is 2. The molecule has 2 heterocycles. The summed E-state index contributed by atoms with van der Waals surface area (Å²) in [4.78, 5) is 47.0. The average Bonchev–Trinajstić information content (AvgIpc) is 3.52. The summed E-state index contributed by atoms with van der Waals surface area (Å²) < 4.78 is 1.40. The van der Waals surface area contributed by atoms with Crippen LogP contribution in [-0.2, 0) is 6.54 Å². The largest absolute Gasteiger partial charge is 0.377 e. The van der Waals surface area contributed by atoms with Crippen molar-refractivity contribution in [1.29, 1.82) is 0 Å². The zero-order chi connectivity index (χ0) is 21.6. The van der Waals surface area contributed by atoms with Crippen LogP contribution in [0.25, 0.3) is 11.0 Å². The van der Waals surface area contributed by atoms with Crippen LogP contribution >= 0.6 is 0 Å². The normalized spacial score (nSPS) is 13.5. The molecule has 2 N–H and O–H groups in total. The Kier molecular flexibility index (Phi) is 4.93. The lowest BCUT2D eigenvalue weighted by molar-refractivity contribution is 0.102. The van der Waals surface area contributed by atoms with Gasteiger partial charge < -0.3 is 10.2 Å². The molecule has 1 amide bonds. The minimum Gasteiger partial charge on any atom is -0.377 e. The maximum absolute atomic E-state index is 13.2. The third-order valence-corrected chi connectivity index (χ3v) is 5.46. The van der Waals surface area contributed by atoms with E-state index in [0.717, 1.165) is 29.8 Å². The van der Waals surface area contributed by atoms with Crippen LogP contribution in [0.3, 0.4) is 0 Å². The summed E-state index contributed by atoms with van der Waals surface area (Å²) in [7, 11) is 3.92. The average molecular weight is 407 g/mol. The summed E-state index contributed by atoms with van der Waals surface area (Å²) in [6, 6.07) is 7.35. The summed E-state index contributed by atoms with van der Waals surface area (Å²) in [6.07, 6.45) is 1.98. The standard InChI is InChI=1S/C22H25N5O3/c1-5-27-19-18(21(29)25-22(27)30)15(11-16(24-19)13-6-7-13)20(28)23-14-8-9-17(26(3)4)12(2)10-14/h8-11,13H,5-7H2,1-4H3,(H,23,28)(H,25,29,30). The van der Waals surface area contributed by atoms with Crippen LogP contribution in [0.5, 0.6) is 0 Å². The van der Waals surface area contributed by atoms with Gasteiger partial charge in [-0.15, -0.1) is 0 Å². The molecule has 4 rings (SSSR count). The number of carbonyl (C=O) groups excluding carboxylic acids is 1. The topological polar surface area (TPSA) is 100 Å². The van der Waals surface area contributed by atoms with Gasteiger partial charge >= 0.3 is 5.69 Å². The summed E-state index contributed by atoms with van der Waals surface area (Å²) >= 11 is 0. The third kappa shape index (κ3) is 3.49. The van der Waals surface area contributed by atoms with E-state index < -0.39 is 17.2 Å². The van der Waals surface area contributed by atoms with Crippen LogP contribution in [0.15, 0.2) is 33.9 Å². The van der Waals surface area contributed by atoms with Gasteiger partial charge in [0.25, 0.3) is 11.5 Å². The van der Waals surface area contributed by atoms with Crippen molar-refractivity contribution in [3.63, 3.8) is 0 Å². The van der Waals surface area contributed by atoms with Gasteiger partial charge in [0.1, 0.15) is 0 Å². The number of rotatable bonds is 5. The molecule has 2 aromatic heterocycles. The number of aromatic amines is 1. The van der Waals surface area contributed by atoms with E-state index in [1.54, 1.807) is 13.0 Å². The zero-order valence-corrected chi connectivity index (χ0v) is 17.6. The van der Waals surface area contributed by atoms with Gasteiger partial charge in [-0.05, 0) is 56.5 Å². The first kappa shape index (κ1) is 19.9. The second kappa shape index (κ2) is 7.44. The number of aryl methyl sites for hydroxylation is 2. The van der Waals surface area contributed by atoms with E-state index in [9.17, 15) is 14.4 Å². The molecule has 1 aromatic carbocycles. The summed E-state index contributed by atoms with van der Waals surface area (Å²) in [6.45, 7) is 4.13. The first-order valence-corrected chi connectivity index (χ1v) is 10.1. The molecule has 8 heteroatoms. The minimum absolute atomic E-state index is 0.139. The number of aromatic nitrogens is 3. The molecule has 0 bridgehead atoms. The van der Waals surface area contributed by atoms with E-state index in [4.69, 9.17) is 0 Å². The van der Waals surface area contributed by atoms with Crippen molar-refractivity contribution in [3.05, 3.63) is 61.9 Å². The van der Waals surface area contributed by atoms with Gasteiger partial charge in [-0.1, -0.05) is 0 Å². The Hall–Kier alpha value is -3.42. The molecule has 0 saturated heterocycles. The zero-order valence-electron chi connectivity index (χ0n) is 17.6. The highest BCUT2D eigenvalue weighted by Gasteiger charge is 2.28. The number of hydrogen-bond donors (Lipinski definition) is 2. The van der Waals surface area contributed by atoms with Gasteiger partial charge in [-0.25, -0.2) is 9.78 Å². The van der Waals surface area contributed by atoms with Crippen molar-refractivity contribution in [2.24, 2.45) is 0 Å². The predicted octanol–water partition coefficient (Wildman–Crippen LogP) is 2.61. The Morgan fingerprint density at radius 2 is 2.00 bits per heavy atom. The van der Waals surface area contributed by atoms with Gasteiger partial charge in [0, 0.05) is 43.6 Å². The highest BCUT2D eigenvalue weighted by molar-refractivity contribution is 6.12. The molecule has 0 unspecified atom stereocenters. The molecule has 3 aromatic rings. The third-order valence-electron chi connectivity index (χ3n) is 5.46. The maximum Gasteiger partial charge on any atom is 0.329 e. The lowest BCUT2D eigenvalue weighted by atomic mass is 10.1. The van der Waals surface area contributed by atoms with Gasteiger partial charge in [0.15, 0.2) is 5.65 Å². The van der Waals surface area contributed by atoms with E-state index in [2.05, 4.69) is 15.3 Å². The van der Waals surface area contributed by atoms with E-state index in [1.807, 2.05) is 44.1 Å². The molecule has 156 valence electrons. The fraction of sp³-hybridized carbons (Fsp3) is 0.364. The summed E-state index contributed by atoms with van der Waals surface area (Å²) in [5.74, 6) is -0.129. The van der Waals surface area contributed by atoms with Crippen molar-refractivity contribution >= 4 is 28.3 Å². The molecule has 0 atom stereocenters. The predicted molar refractivity (Wildman–Crippen MR) is 118 cm³/mol. The molecule has 1 saturated carbocycles. The van der Waals surface area contributed by atoms with E-state index >= 15 is 0 Å². The number of H-pyrrole nitrogens is 1. The fourth-order valence-electron chi connectivity index (χ4n) is 3.79. The van der Waals surface area contributed by atoms with Crippen LogP contribution < -0.4 is 21.5 Å². The van der Waals surface area contributed by atoms with Gasteiger partial charge in [0.05, 0.1) is 10.9 Å². The molecule has 0 radical (unpaired) electrons. The van der Waals surface area contributed by atoms with Crippen LogP contribution in [0.1, 0.15) is 47.3 Å². The van der Waals surface area contributed by atoms with Crippen LogP contribution in [0, 0.1) is 6.92 Å². The maximum atomic E-state index is 13.2. The second-order valence-electron chi connectivity index (χ2n) is 7.92. The molecule has 8 nitrogen and oxygen atoms in total. The van der Waals surface area contributed by atoms with E-state index in [-0.39, 0.29) is 22.5 Å². The second-order valence-corrected chi connectivity index (χ2v) is 7.92. The molecule has 1 aliphatic rings. The summed E-state index contributed by atoms with van der Waals surface area (Å²) in [5.41, 5.74) is 2.85. The van der Waals surface area contributed by atoms with Crippen molar-refractivity contribution in [3.8, 4) is 0 Å². The SMILES string of the molecule is CCn1c(=O)[nH]c(=O)c2c(C(=O)Nc3ccc(N(C)C)c(C)c3)cc(C3CC3)nc21. The monoisotopic (exact) mass is 407 g/mol. The number of pyridine rings is 1. The first-order chi connectivity index (χ1) is 14.3. The van der Waals surface area contributed by atoms with Crippen LogP contribution in [0.4, 0.5) is 11.4 Å². The first-order valence-electron chi connectivity index (χ1n) is 10.1. The molecule has 1 fully saturated rings.